The van der Waals surface area contributed by atoms with Crippen LogP contribution in [0.1, 0.15) is 38.5 Å². The van der Waals surface area contributed by atoms with Gasteiger partial charge in [0, 0.05) is 6.42 Å². The van der Waals surface area contributed by atoms with Crippen LogP contribution in [0.5, 0.6) is 0 Å². The van der Waals surface area contributed by atoms with Crippen LogP contribution < -0.4 is 5.32 Å². The first-order valence-electron chi connectivity index (χ1n) is 7.02. The molecular formula is C14H17FN4O. The van der Waals surface area contributed by atoms with E-state index in [4.69, 9.17) is 0 Å². The minimum Gasteiger partial charge on any atom is -0.320 e. The number of amides is 1. The van der Waals surface area contributed by atoms with Crippen LogP contribution in [0, 0.1) is 11.9 Å². The zero-order valence-electron chi connectivity index (χ0n) is 11.2. The Morgan fingerprint density at radius 2 is 2.20 bits per heavy atom. The summed E-state index contributed by atoms with van der Waals surface area (Å²) in [6.07, 6.45) is 9.10. The molecule has 0 saturated heterocycles. The molecule has 3 rings (SSSR count). The lowest BCUT2D eigenvalue weighted by atomic mass is 9.87. The van der Waals surface area contributed by atoms with Gasteiger partial charge in [0.15, 0.2) is 0 Å². The second-order valence-electron chi connectivity index (χ2n) is 5.33. The van der Waals surface area contributed by atoms with Crippen molar-refractivity contribution in [1.29, 1.82) is 0 Å². The van der Waals surface area contributed by atoms with E-state index in [0.29, 0.717) is 17.9 Å². The summed E-state index contributed by atoms with van der Waals surface area (Å²) < 4.78 is 15.2. The van der Waals surface area contributed by atoms with E-state index in [1.807, 2.05) is 0 Å². The average molecular weight is 276 g/mol. The number of anilines is 1. The normalized spacial score (nSPS) is 16.4. The minimum absolute atomic E-state index is 0.116. The lowest BCUT2D eigenvalue weighted by Crippen LogP contribution is -2.19. The topological polar surface area (TPSA) is 59.3 Å². The summed E-state index contributed by atoms with van der Waals surface area (Å²) in [5.74, 6) is -0.397. The molecule has 20 heavy (non-hydrogen) atoms. The van der Waals surface area contributed by atoms with Crippen LogP contribution >= 0.6 is 0 Å². The smallest absolute Gasteiger partial charge is 0.240 e. The van der Waals surface area contributed by atoms with Gasteiger partial charge in [0.1, 0.15) is 12.0 Å². The van der Waals surface area contributed by atoms with Gasteiger partial charge in [-0.05, 0) is 24.8 Å². The molecule has 0 unspecified atom stereocenters. The predicted molar refractivity (Wildman–Crippen MR) is 72.8 cm³/mol. The van der Waals surface area contributed by atoms with Gasteiger partial charge in [0.05, 0.1) is 11.7 Å². The molecule has 0 aromatic carbocycles. The first-order valence-corrected chi connectivity index (χ1v) is 7.02. The molecule has 0 radical (unpaired) electrons. The van der Waals surface area contributed by atoms with Crippen LogP contribution in [-0.4, -0.2) is 20.5 Å². The van der Waals surface area contributed by atoms with Crippen molar-refractivity contribution in [2.24, 2.45) is 5.92 Å². The Labute approximate surface area is 116 Å². The molecule has 1 N–H and O–H groups in total. The summed E-state index contributed by atoms with van der Waals surface area (Å²) in [6, 6.07) is 1.65. The maximum absolute atomic E-state index is 13.8. The van der Waals surface area contributed by atoms with E-state index in [2.05, 4.69) is 15.4 Å². The second kappa shape index (κ2) is 5.56. The molecule has 0 aliphatic heterocycles. The number of nitrogens with one attached hydrogen (secondary N) is 1. The van der Waals surface area contributed by atoms with Crippen LogP contribution in [0.25, 0.3) is 5.52 Å². The molecule has 1 amide bonds. The number of rotatable bonds is 3. The van der Waals surface area contributed by atoms with Gasteiger partial charge in [-0.3, -0.25) is 4.79 Å². The highest BCUT2D eigenvalue weighted by atomic mass is 19.1. The predicted octanol–water partition coefficient (Wildman–Crippen LogP) is 2.78. The van der Waals surface area contributed by atoms with Crippen LogP contribution in [0.15, 0.2) is 18.6 Å². The van der Waals surface area contributed by atoms with Crippen molar-refractivity contribution in [3.8, 4) is 0 Å². The van der Waals surface area contributed by atoms with Gasteiger partial charge in [-0.15, -0.1) is 0 Å². The highest BCUT2D eigenvalue weighted by Crippen LogP contribution is 2.27. The van der Waals surface area contributed by atoms with Crippen LogP contribution in [-0.2, 0) is 4.79 Å². The highest BCUT2D eigenvalue weighted by Gasteiger charge is 2.19. The Balaban J connectivity index is 1.73. The molecule has 1 saturated carbocycles. The molecule has 0 atom stereocenters. The summed E-state index contributed by atoms with van der Waals surface area (Å²) in [4.78, 5) is 15.7. The van der Waals surface area contributed by atoms with Crippen molar-refractivity contribution < 1.29 is 9.18 Å². The summed E-state index contributed by atoms with van der Waals surface area (Å²) in [5, 5.41) is 6.63. The summed E-state index contributed by atoms with van der Waals surface area (Å²) in [7, 11) is 0. The number of carbonyl (C=O) groups is 1. The Morgan fingerprint density at radius 3 is 3.00 bits per heavy atom. The Bertz CT molecular complexity index is 619. The molecule has 0 spiro atoms. The third-order valence-electron chi connectivity index (χ3n) is 3.88. The second-order valence-corrected chi connectivity index (χ2v) is 5.33. The molecule has 1 aliphatic rings. The summed E-state index contributed by atoms with van der Waals surface area (Å²) in [6.45, 7) is 0. The largest absolute Gasteiger partial charge is 0.320 e. The molecule has 106 valence electrons. The van der Waals surface area contributed by atoms with Crippen LogP contribution in [0.2, 0.25) is 0 Å². The number of fused-ring (bicyclic) bond motifs is 1. The van der Waals surface area contributed by atoms with E-state index < -0.39 is 5.95 Å². The van der Waals surface area contributed by atoms with Crippen molar-refractivity contribution in [3.63, 3.8) is 0 Å². The molecule has 2 aromatic heterocycles. The fourth-order valence-electron chi connectivity index (χ4n) is 2.84. The van der Waals surface area contributed by atoms with E-state index in [0.717, 1.165) is 12.8 Å². The van der Waals surface area contributed by atoms with Crippen LogP contribution in [0.3, 0.4) is 0 Å². The number of nitrogens with zero attached hydrogens (tertiary/aromatic N) is 3. The van der Waals surface area contributed by atoms with Gasteiger partial charge in [0.25, 0.3) is 0 Å². The molecular weight excluding hydrogens is 259 g/mol. The first kappa shape index (κ1) is 13.0. The van der Waals surface area contributed by atoms with Crippen molar-refractivity contribution in [2.75, 3.05) is 5.32 Å². The van der Waals surface area contributed by atoms with Gasteiger partial charge in [-0.2, -0.15) is 9.49 Å². The molecule has 2 heterocycles. The van der Waals surface area contributed by atoms with Gasteiger partial charge in [-0.25, -0.2) is 9.50 Å². The Kier molecular flexibility index (Phi) is 3.62. The standard InChI is InChI=1S/C14H17FN4O/c15-14-13(11-6-7-17-19(11)9-16-14)18-12(20)8-10-4-2-1-3-5-10/h6-7,9-10H,1-5,8H2,(H,18,20). The van der Waals surface area contributed by atoms with Gasteiger partial charge >= 0.3 is 0 Å². The van der Waals surface area contributed by atoms with E-state index in [-0.39, 0.29) is 11.6 Å². The SMILES string of the molecule is O=C(CC1CCCCC1)Nc1c(F)ncn2nccc12. The lowest BCUT2D eigenvalue weighted by Gasteiger charge is -2.20. The maximum atomic E-state index is 13.8. The number of aromatic nitrogens is 3. The average Bonchev–Trinajstić information content (AvgIpc) is 2.92. The number of halogens is 1. The van der Waals surface area contributed by atoms with Gasteiger partial charge in [-0.1, -0.05) is 19.3 Å². The van der Waals surface area contributed by atoms with Crippen molar-refractivity contribution >= 4 is 17.1 Å². The highest BCUT2D eigenvalue weighted by molar-refractivity contribution is 5.95. The van der Waals surface area contributed by atoms with E-state index >= 15 is 0 Å². The molecule has 2 aromatic rings. The third kappa shape index (κ3) is 2.64. The minimum atomic E-state index is -0.671. The zero-order chi connectivity index (χ0) is 13.9. The quantitative estimate of drug-likeness (QED) is 0.877. The fraction of sp³-hybridized carbons (Fsp3) is 0.500. The lowest BCUT2D eigenvalue weighted by molar-refractivity contribution is -0.117. The van der Waals surface area contributed by atoms with Crippen LogP contribution in [0.4, 0.5) is 10.1 Å². The molecule has 0 bridgehead atoms. The molecule has 5 nitrogen and oxygen atoms in total. The number of hydrogen-bond donors (Lipinski definition) is 1. The molecule has 1 fully saturated rings. The van der Waals surface area contributed by atoms with Crippen molar-refractivity contribution in [1.82, 2.24) is 14.6 Å². The maximum Gasteiger partial charge on any atom is 0.240 e. The third-order valence-corrected chi connectivity index (χ3v) is 3.88. The molecule has 6 heteroatoms. The van der Waals surface area contributed by atoms with Gasteiger partial charge < -0.3 is 5.32 Å². The van der Waals surface area contributed by atoms with Crippen molar-refractivity contribution in [3.05, 3.63) is 24.5 Å². The monoisotopic (exact) mass is 276 g/mol. The van der Waals surface area contributed by atoms with E-state index in [1.54, 1.807) is 12.3 Å². The van der Waals surface area contributed by atoms with E-state index in [1.165, 1.54) is 30.1 Å². The zero-order valence-corrected chi connectivity index (χ0v) is 11.2. The summed E-state index contributed by atoms with van der Waals surface area (Å²) >= 11 is 0. The first-order chi connectivity index (χ1) is 9.74. The van der Waals surface area contributed by atoms with Gasteiger partial charge in [0.2, 0.25) is 11.9 Å². The summed E-state index contributed by atoms with van der Waals surface area (Å²) in [5.41, 5.74) is 0.639. The Hall–Kier alpha value is -1.98. The van der Waals surface area contributed by atoms with Crippen molar-refractivity contribution in [2.45, 2.75) is 38.5 Å². The fourth-order valence-corrected chi connectivity index (χ4v) is 2.84. The Morgan fingerprint density at radius 1 is 1.40 bits per heavy atom. The number of hydrogen-bond acceptors (Lipinski definition) is 3. The number of carbonyl (C=O) groups excluding carboxylic acids is 1. The van der Waals surface area contributed by atoms with E-state index in [9.17, 15) is 9.18 Å². The molecule has 1 aliphatic carbocycles.